The number of carboxylic acids is 3. The zero-order valence-corrected chi connectivity index (χ0v) is 11.9. The summed E-state index contributed by atoms with van der Waals surface area (Å²) in [5.41, 5.74) is 11.3. The largest absolute Gasteiger partial charge is 0.481 e. The van der Waals surface area contributed by atoms with E-state index in [1.54, 1.807) is 0 Å². The van der Waals surface area contributed by atoms with Crippen LogP contribution in [0.4, 0.5) is 0 Å². The Labute approximate surface area is 127 Å². The molecule has 0 fully saturated rings. The topological polar surface area (TPSA) is 164 Å². The van der Waals surface area contributed by atoms with E-state index in [9.17, 15) is 14.4 Å². The lowest BCUT2D eigenvalue weighted by molar-refractivity contribution is -0.140. The molecule has 2 atom stereocenters. The van der Waals surface area contributed by atoms with Crippen molar-refractivity contribution in [2.45, 2.75) is 31.3 Å². The average molecular weight is 312 g/mol. The molecule has 0 aliphatic heterocycles. The molecule has 0 aliphatic rings. The van der Waals surface area contributed by atoms with E-state index in [0.717, 1.165) is 5.56 Å². The third-order valence-corrected chi connectivity index (χ3v) is 2.60. The highest BCUT2D eigenvalue weighted by Gasteiger charge is 2.12. The van der Waals surface area contributed by atoms with Crippen molar-refractivity contribution in [1.82, 2.24) is 0 Å². The lowest BCUT2D eigenvalue weighted by Crippen LogP contribution is -2.32. The maximum Gasteiger partial charge on any atom is 0.320 e. The van der Waals surface area contributed by atoms with E-state index in [0.29, 0.717) is 6.42 Å². The highest BCUT2D eigenvalue weighted by molar-refractivity contribution is 5.74. The van der Waals surface area contributed by atoms with Gasteiger partial charge >= 0.3 is 17.9 Å². The van der Waals surface area contributed by atoms with Crippen LogP contribution in [0.5, 0.6) is 0 Å². The molecular weight excluding hydrogens is 292 g/mol. The summed E-state index contributed by atoms with van der Waals surface area (Å²) in [7, 11) is 0. The minimum absolute atomic E-state index is 0.0231. The predicted molar refractivity (Wildman–Crippen MR) is 78.2 cm³/mol. The zero-order valence-electron chi connectivity index (χ0n) is 11.9. The first-order valence-corrected chi connectivity index (χ1v) is 6.46. The first-order valence-electron chi connectivity index (χ1n) is 6.46. The second kappa shape index (κ2) is 10.3. The quantitative estimate of drug-likeness (QED) is 0.466. The normalized spacial score (nSPS) is 12.5. The van der Waals surface area contributed by atoms with Crippen molar-refractivity contribution in [3.63, 3.8) is 0 Å². The molecule has 0 amide bonds. The molecule has 0 heterocycles. The maximum absolute atomic E-state index is 10.4. The van der Waals surface area contributed by atoms with E-state index in [4.69, 9.17) is 26.8 Å². The fourth-order valence-electron chi connectivity index (χ4n) is 1.36. The summed E-state index contributed by atoms with van der Waals surface area (Å²) in [5.74, 6) is -3.16. The van der Waals surface area contributed by atoms with E-state index >= 15 is 0 Å². The molecule has 0 aromatic heterocycles. The van der Waals surface area contributed by atoms with Crippen LogP contribution in [0.2, 0.25) is 0 Å². The number of carboxylic acid groups (broad SMARTS) is 3. The molecule has 22 heavy (non-hydrogen) atoms. The number of aliphatic carboxylic acids is 3. The summed E-state index contributed by atoms with van der Waals surface area (Å²) in [6, 6.07) is 7.48. The lowest BCUT2D eigenvalue weighted by Gasteiger charge is -2.04. The van der Waals surface area contributed by atoms with Gasteiger partial charge in [0.25, 0.3) is 0 Å². The zero-order chi connectivity index (χ0) is 17.1. The molecule has 0 saturated heterocycles. The monoisotopic (exact) mass is 312 g/mol. The van der Waals surface area contributed by atoms with E-state index in [2.05, 4.69) is 0 Å². The summed E-state index contributed by atoms with van der Waals surface area (Å²) < 4.78 is 0. The molecule has 8 heteroatoms. The molecule has 0 aliphatic carbocycles. The van der Waals surface area contributed by atoms with Crippen molar-refractivity contribution in [3.8, 4) is 0 Å². The number of nitrogens with two attached hydrogens (primary N) is 2. The summed E-state index contributed by atoms with van der Waals surface area (Å²) in [4.78, 5) is 30.3. The van der Waals surface area contributed by atoms with Gasteiger partial charge in [0.05, 0.1) is 0 Å². The minimum atomic E-state index is -1.17. The molecular formula is C14H20N2O6. The van der Waals surface area contributed by atoms with Crippen molar-refractivity contribution >= 4 is 17.9 Å². The van der Waals surface area contributed by atoms with Crippen LogP contribution in [-0.4, -0.2) is 45.3 Å². The Morgan fingerprint density at radius 2 is 1.41 bits per heavy atom. The minimum Gasteiger partial charge on any atom is -0.481 e. The molecule has 1 aromatic carbocycles. The van der Waals surface area contributed by atoms with Crippen LogP contribution in [-0.2, 0) is 20.8 Å². The summed E-state index contributed by atoms with van der Waals surface area (Å²) >= 11 is 0. The van der Waals surface area contributed by atoms with Crippen LogP contribution in [0.1, 0.15) is 18.4 Å². The first kappa shape index (κ1) is 19.6. The van der Waals surface area contributed by atoms with Gasteiger partial charge < -0.3 is 26.8 Å². The van der Waals surface area contributed by atoms with Gasteiger partial charge in [0.1, 0.15) is 12.1 Å². The predicted octanol–water partition coefficient (Wildman–Crippen LogP) is -0.0959. The van der Waals surface area contributed by atoms with Crippen LogP contribution in [0, 0.1) is 0 Å². The van der Waals surface area contributed by atoms with Gasteiger partial charge in [-0.05, 0) is 18.4 Å². The molecule has 8 nitrogen and oxygen atoms in total. The Balaban J connectivity index is 0.000000409. The Hall–Kier alpha value is -2.45. The number of hydrogen-bond donors (Lipinski definition) is 5. The van der Waals surface area contributed by atoms with Gasteiger partial charge in [-0.15, -0.1) is 0 Å². The van der Waals surface area contributed by atoms with Gasteiger partial charge in [0.15, 0.2) is 0 Å². The van der Waals surface area contributed by atoms with Crippen molar-refractivity contribution in [2.75, 3.05) is 0 Å². The molecule has 0 bridgehead atoms. The van der Waals surface area contributed by atoms with Gasteiger partial charge in [-0.25, -0.2) is 0 Å². The van der Waals surface area contributed by atoms with Crippen molar-refractivity contribution < 1.29 is 29.7 Å². The van der Waals surface area contributed by atoms with Gasteiger partial charge in [0, 0.05) is 6.42 Å². The van der Waals surface area contributed by atoms with Crippen molar-refractivity contribution in [3.05, 3.63) is 35.9 Å². The van der Waals surface area contributed by atoms with Crippen LogP contribution >= 0.6 is 0 Å². The van der Waals surface area contributed by atoms with Gasteiger partial charge in [-0.3, -0.25) is 14.4 Å². The molecule has 122 valence electrons. The smallest absolute Gasteiger partial charge is 0.320 e. The first-order chi connectivity index (χ1) is 10.2. The average Bonchev–Trinajstić information content (AvgIpc) is 2.46. The van der Waals surface area contributed by atoms with Gasteiger partial charge in [-0.2, -0.15) is 0 Å². The molecule has 7 N–H and O–H groups in total. The molecule has 0 unspecified atom stereocenters. The molecule has 0 saturated carbocycles. The number of rotatable bonds is 7. The standard InChI is InChI=1S/C9H11NO2.C5H9NO4/c10-8(9(11)12)6-7-4-2-1-3-5-7;6-3(5(9)10)1-2-4(7)8/h1-5,8H,6,10H2,(H,11,12);3H,1-2,6H2,(H,7,8)(H,9,10)/t8-;3-/m01/s1. The lowest BCUT2D eigenvalue weighted by atomic mass is 10.1. The fourth-order valence-corrected chi connectivity index (χ4v) is 1.36. The second-order valence-electron chi connectivity index (χ2n) is 4.51. The SMILES string of the molecule is N[C@@H](Cc1ccccc1)C(=O)O.N[C@H](CCC(=O)O)C(=O)O. The third kappa shape index (κ3) is 9.45. The molecule has 1 rings (SSSR count). The van der Waals surface area contributed by atoms with Crippen LogP contribution < -0.4 is 11.5 Å². The molecule has 0 spiro atoms. The second-order valence-corrected chi connectivity index (χ2v) is 4.51. The number of benzene rings is 1. The van der Waals surface area contributed by atoms with Crippen LogP contribution in [0.15, 0.2) is 30.3 Å². The Morgan fingerprint density at radius 3 is 1.82 bits per heavy atom. The number of hydrogen-bond acceptors (Lipinski definition) is 5. The van der Waals surface area contributed by atoms with Crippen LogP contribution in [0.3, 0.4) is 0 Å². The third-order valence-electron chi connectivity index (χ3n) is 2.60. The van der Waals surface area contributed by atoms with Gasteiger partial charge in [0.2, 0.25) is 0 Å². The fraction of sp³-hybridized carbons (Fsp3) is 0.357. The summed E-state index contributed by atoms with van der Waals surface area (Å²) in [5, 5.41) is 24.8. The van der Waals surface area contributed by atoms with E-state index in [-0.39, 0.29) is 12.8 Å². The van der Waals surface area contributed by atoms with E-state index in [1.165, 1.54) is 0 Å². The Kier molecular flexibility index (Phi) is 9.15. The Morgan fingerprint density at radius 1 is 0.909 bits per heavy atom. The Bertz CT molecular complexity index is 491. The van der Waals surface area contributed by atoms with Gasteiger partial charge in [-0.1, -0.05) is 30.3 Å². The van der Waals surface area contributed by atoms with E-state index in [1.807, 2.05) is 30.3 Å². The highest BCUT2D eigenvalue weighted by Crippen LogP contribution is 2.01. The summed E-state index contributed by atoms with van der Waals surface area (Å²) in [6.07, 6.45) is 0.161. The maximum atomic E-state index is 10.4. The van der Waals surface area contributed by atoms with E-state index < -0.39 is 30.0 Å². The molecule has 1 aromatic rings. The highest BCUT2D eigenvalue weighted by atomic mass is 16.4. The van der Waals surface area contributed by atoms with Crippen LogP contribution in [0.25, 0.3) is 0 Å². The number of carbonyl (C=O) groups is 3. The van der Waals surface area contributed by atoms with Crippen molar-refractivity contribution in [1.29, 1.82) is 0 Å². The molecule has 0 radical (unpaired) electrons. The summed E-state index contributed by atoms with van der Waals surface area (Å²) in [6.45, 7) is 0. The van der Waals surface area contributed by atoms with Crippen molar-refractivity contribution in [2.24, 2.45) is 11.5 Å².